The molecule has 80 valence electrons. The Morgan fingerprint density at radius 1 is 1.14 bits per heavy atom. The molecule has 0 bridgehead atoms. The molecule has 0 nitrogen and oxygen atoms in total. The Bertz CT molecular complexity index is 231. The fraction of sp³-hybridized carbons (Fsp3) is 0.667. The lowest BCUT2D eigenvalue weighted by molar-refractivity contribution is 0.713. The Kier molecular flexibility index (Phi) is 4.89. The Morgan fingerprint density at radius 2 is 1.79 bits per heavy atom. The van der Waals surface area contributed by atoms with Crippen LogP contribution in [0.3, 0.4) is 0 Å². The zero-order chi connectivity index (χ0) is 10.4. The summed E-state index contributed by atoms with van der Waals surface area (Å²) in [4.78, 5) is 1.38. The normalized spacial score (nSPS) is 19.6. The number of thiophene rings is 1. The molecule has 0 unspecified atom stereocenters. The van der Waals surface area contributed by atoms with Crippen molar-refractivity contribution < 1.29 is 0 Å². The zero-order valence-corrected chi connectivity index (χ0v) is 11.5. The number of rotatable bonds is 0. The first kappa shape index (κ1) is 12.0. The molecule has 1 aromatic rings. The van der Waals surface area contributed by atoms with Crippen molar-refractivity contribution >= 4 is 19.4 Å². The van der Waals surface area contributed by atoms with Crippen molar-refractivity contribution in [2.24, 2.45) is 0 Å². The molecule has 0 N–H and O–H groups in total. The minimum Gasteiger partial charge on any atom is -0.149 e. The predicted octanol–water partition coefficient (Wildman–Crippen LogP) is 4.94. The summed E-state index contributed by atoms with van der Waals surface area (Å²) in [5.74, 6) is 0. The molecule has 0 atom stereocenters. The van der Waals surface area contributed by atoms with Gasteiger partial charge in [-0.2, -0.15) is 0 Å². The van der Waals surface area contributed by atoms with Crippen LogP contribution in [0, 0.1) is 6.92 Å². The third-order valence-corrected chi connectivity index (χ3v) is 7.09. The van der Waals surface area contributed by atoms with Crippen molar-refractivity contribution in [1.82, 2.24) is 0 Å². The molecule has 2 rings (SSSR count). The molecule has 0 radical (unpaired) electrons. The van der Waals surface area contributed by atoms with E-state index in [1.165, 1.54) is 24.1 Å². The van der Waals surface area contributed by atoms with Gasteiger partial charge >= 0.3 is 0 Å². The smallest absolute Gasteiger partial charge is 0.0473 e. The molecule has 0 aromatic carbocycles. The first-order valence-electron chi connectivity index (χ1n) is 5.60. The summed E-state index contributed by atoms with van der Waals surface area (Å²) in [6.07, 6.45) is 4.56. The second-order valence-corrected chi connectivity index (χ2v) is 11.4. The standard InChI is InChI=1S/C7H16Si.C5H6S/c1-8(2)6-4-3-5-7-8;1-5-3-2-4-6-5/h3-7H2,1-2H3;2-4H,1H3. The van der Waals surface area contributed by atoms with Gasteiger partial charge < -0.3 is 0 Å². The van der Waals surface area contributed by atoms with Gasteiger partial charge in [0.15, 0.2) is 0 Å². The summed E-state index contributed by atoms with van der Waals surface area (Å²) in [5.41, 5.74) is 0. The molecule has 0 spiro atoms. The summed E-state index contributed by atoms with van der Waals surface area (Å²) < 4.78 is 0. The molecule has 1 aliphatic rings. The summed E-state index contributed by atoms with van der Waals surface area (Å²) in [5, 5.41) is 2.08. The molecule has 1 fully saturated rings. The maximum atomic E-state index is 2.52. The van der Waals surface area contributed by atoms with E-state index in [4.69, 9.17) is 0 Å². The fourth-order valence-electron chi connectivity index (χ4n) is 1.87. The highest BCUT2D eigenvalue weighted by atomic mass is 32.1. The maximum absolute atomic E-state index is 2.52. The topological polar surface area (TPSA) is 0 Å². The van der Waals surface area contributed by atoms with Crippen LogP contribution < -0.4 is 0 Å². The first-order chi connectivity index (χ1) is 6.60. The second kappa shape index (κ2) is 5.71. The average molecular weight is 226 g/mol. The molecule has 1 aliphatic heterocycles. The van der Waals surface area contributed by atoms with Gasteiger partial charge in [0.1, 0.15) is 0 Å². The van der Waals surface area contributed by atoms with E-state index >= 15 is 0 Å². The molecule has 1 saturated heterocycles. The van der Waals surface area contributed by atoms with Gasteiger partial charge in [0.2, 0.25) is 0 Å². The van der Waals surface area contributed by atoms with Crippen molar-refractivity contribution in [3.05, 3.63) is 22.4 Å². The summed E-state index contributed by atoms with van der Waals surface area (Å²) >= 11 is 1.78. The molecule has 1 aromatic heterocycles. The van der Waals surface area contributed by atoms with Crippen LogP contribution in [-0.4, -0.2) is 8.07 Å². The van der Waals surface area contributed by atoms with Crippen LogP contribution in [0.4, 0.5) is 0 Å². The third-order valence-electron chi connectivity index (χ3n) is 2.87. The van der Waals surface area contributed by atoms with E-state index in [9.17, 15) is 0 Å². The van der Waals surface area contributed by atoms with Gasteiger partial charge in [-0.3, -0.25) is 0 Å². The Morgan fingerprint density at radius 3 is 2.00 bits per heavy atom. The average Bonchev–Trinajstić information content (AvgIpc) is 2.56. The lowest BCUT2D eigenvalue weighted by Gasteiger charge is -2.26. The lowest BCUT2D eigenvalue weighted by atomic mass is 10.3. The van der Waals surface area contributed by atoms with Crippen LogP contribution in [0.2, 0.25) is 25.2 Å². The first-order valence-corrected chi connectivity index (χ1v) is 9.90. The van der Waals surface area contributed by atoms with Crippen LogP contribution >= 0.6 is 11.3 Å². The zero-order valence-electron chi connectivity index (χ0n) is 9.68. The summed E-state index contributed by atoms with van der Waals surface area (Å²) in [6, 6.07) is 7.34. The van der Waals surface area contributed by atoms with Gasteiger partial charge in [0.05, 0.1) is 0 Å². The second-order valence-electron chi connectivity index (χ2n) is 4.95. The highest BCUT2D eigenvalue weighted by molar-refractivity contribution is 7.09. The number of hydrogen-bond acceptors (Lipinski definition) is 1. The van der Waals surface area contributed by atoms with Crippen LogP contribution in [-0.2, 0) is 0 Å². The van der Waals surface area contributed by atoms with Crippen molar-refractivity contribution in [3.8, 4) is 0 Å². The van der Waals surface area contributed by atoms with Crippen molar-refractivity contribution in [3.63, 3.8) is 0 Å². The highest BCUT2D eigenvalue weighted by Gasteiger charge is 2.22. The van der Waals surface area contributed by atoms with Gasteiger partial charge in [-0.05, 0) is 18.4 Å². The van der Waals surface area contributed by atoms with Crippen LogP contribution in [0.25, 0.3) is 0 Å². The van der Waals surface area contributed by atoms with E-state index in [0.29, 0.717) is 0 Å². The molecule has 14 heavy (non-hydrogen) atoms. The monoisotopic (exact) mass is 226 g/mol. The molecule has 0 amide bonds. The molecule has 0 aliphatic carbocycles. The van der Waals surface area contributed by atoms with Gasteiger partial charge in [0.25, 0.3) is 0 Å². The van der Waals surface area contributed by atoms with Crippen LogP contribution in [0.15, 0.2) is 17.5 Å². The molecular formula is C12H22SSi. The van der Waals surface area contributed by atoms with E-state index in [1.54, 1.807) is 23.4 Å². The number of aryl methyl sites for hydroxylation is 1. The Balaban J connectivity index is 0.000000146. The maximum Gasteiger partial charge on any atom is 0.0473 e. The summed E-state index contributed by atoms with van der Waals surface area (Å²) in [6.45, 7) is 7.14. The van der Waals surface area contributed by atoms with E-state index in [-0.39, 0.29) is 0 Å². The van der Waals surface area contributed by atoms with E-state index < -0.39 is 8.07 Å². The van der Waals surface area contributed by atoms with Crippen molar-refractivity contribution in [1.29, 1.82) is 0 Å². The SMILES string of the molecule is C[Si]1(C)CCCCC1.Cc1cccs1. The molecule has 2 heteroatoms. The highest BCUT2D eigenvalue weighted by Crippen LogP contribution is 2.27. The predicted molar refractivity (Wildman–Crippen MR) is 70.0 cm³/mol. The fourth-order valence-corrected chi connectivity index (χ4v) is 5.06. The van der Waals surface area contributed by atoms with Crippen LogP contribution in [0.5, 0.6) is 0 Å². The minimum atomic E-state index is -0.590. The van der Waals surface area contributed by atoms with E-state index in [2.05, 4.69) is 37.5 Å². The molecule has 0 saturated carbocycles. The van der Waals surface area contributed by atoms with Crippen LogP contribution in [0.1, 0.15) is 24.1 Å². The van der Waals surface area contributed by atoms with Gasteiger partial charge in [0, 0.05) is 13.0 Å². The quantitative estimate of drug-likeness (QED) is 0.550. The minimum absolute atomic E-state index is 0.590. The van der Waals surface area contributed by atoms with E-state index in [1.807, 2.05) is 0 Å². The van der Waals surface area contributed by atoms with Gasteiger partial charge in [-0.15, -0.1) is 11.3 Å². The number of hydrogen-bond donors (Lipinski definition) is 0. The largest absolute Gasteiger partial charge is 0.149 e. The Labute approximate surface area is 93.4 Å². The molecular weight excluding hydrogens is 204 g/mol. The Hall–Kier alpha value is -0.0831. The van der Waals surface area contributed by atoms with Gasteiger partial charge in [-0.1, -0.05) is 50.5 Å². The van der Waals surface area contributed by atoms with Crippen molar-refractivity contribution in [2.45, 2.75) is 51.4 Å². The lowest BCUT2D eigenvalue weighted by Crippen LogP contribution is -2.27. The molecule has 2 heterocycles. The van der Waals surface area contributed by atoms with Crippen molar-refractivity contribution in [2.75, 3.05) is 0 Å². The summed E-state index contributed by atoms with van der Waals surface area (Å²) in [7, 11) is -0.590. The van der Waals surface area contributed by atoms with E-state index in [0.717, 1.165) is 0 Å². The third kappa shape index (κ3) is 4.96. The van der Waals surface area contributed by atoms with Gasteiger partial charge in [-0.25, -0.2) is 0 Å².